The number of nitrogens with zero attached hydrogens (tertiary/aromatic N) is 3. The average molecular weight is 408 g/mol. The Bertz CT molecular complexity index is 933. The molecule has 30 heavy (non-hydrogen) atoms. The molecule has 0 N–H and O–H groups in total. The van der Waals surface area contributed by atoms with Crippen LogP contribution >= 0.6 is 0 Å². The zero-order chi connectivity index (χ0) is 21.1. The Labute approximate surface area is 178 Å². The summed E-state index contributed by atoms with van der Waals surface area (Å²) < 4.78 is 10.7. The number of rotatable bonds is 5. The van der Waals surface area contributed by atoms with E-state index in [2.05, 4.69) is 36.9 Å². The molecule has 0 unspecified atom stereocenters. The van der Waals surface area contributed by atoms with Crippen molar-refractivity contribution in [1.82, 2.24) is 9.91 Å². The van der Waals surface area contributed by atoms with Gasteiger partial charge in [-0.05, 0) is 54.8 Å². The highest BCUT2D eigenvalue weighted by molar-refractivity contribution is 6.03. The lowest BCUT2D eigenvalue weighted by Gasteiger charge is -2.29. The van der Waals surface area contributed by atoms with Crippen LogP contribution in [-0.2, 0) is 9.53 Å². The summed E-state index contributed by atoms with van der Waals surface area (Å²) in [5.41, 5.74) is 5.51. The van der Waals surface area contributed by atoms with Gasteiger partial charge in [0, 0.05) is 19.5 Å². The molecule has 0 radical (unpaired) electrons. The number of hydrogen-bond acceptors (Lipinski definition) is 5. The number of aryl methyl sites for hydroxylation is 2. The Morgan fingerprint density at radius 3 is 2.53 bits per heavy atom. The van der Waals surface area contributed by atoms with E-state index in [1.807, 2.05) is 24.3 Å². The molecule has 0 saturated carbocycles. The van der Waals surface area contributed by atoms with Gasteiger partial charge in [0.2, 0.25) is 0 Å². The topological polar surface area (TPSA) is 54.4 Å². The molecule has 1 atom stereocenters. The number of amides is 1. The van der Waals surface area contributed by atoms with Crippen LogP contribution in [0.2, 0.25) is 0 Å². The second-order valence-electron chi connectivity index (χ2n) is 7.98. The van der Waals surface area contributed by atoms with Gasteiger partial charge in [-0.3, -0.25) is 9.69 Å². The number of carbonyl (C=O) groups excluding carboxylic acids is 1. The number of hydrogen-bond donors (Lipinski definition) is 0. The van der Waals surface area contributed by atoms with Crippen molar-refractivity contribution in [2.75, 3.05) is 40.0 Å². The van der Waals surface area contributed by atoms with E-state index in [9.17, 15) is 4.79 Å². The highest BCUT2D eigenvalue weighted by atomic mass is 16.5. The predicted molar refractivity (Wildman–Crippen MR) is 117 cm³/mol. The fourth-order valence-corrected chi connectivity index (χ4v) is 4.16. The van der Waals surface area contributed by atoms with Gasteiger partial charge in [-0.1, -0.05) is 23.8 Å². The van der Waals surface area contributed by atoms with Crippen LogP contribution < -0.4 is 4.74 Å². The van der Waals surface area contributed by atoms with Crippen molar-refractivity contribution < 1.29 is 14.3 Å². The number of ether oxygens (including phenoxy) is 2. The SMILES string of the molecule is COc1ccc(C2=NN(C(=O)CN3CCOCC3)[C@H](c3ccc(C)cc3C)C2)cc1. The molecular weight excluding hydrogens is 378 g/mol. The third-order valence-corrected chi connectivity index (χ3v) is 5.84. The Morgan fingerprint density at radius 2 is 1.87 bits per heavy atom. The van der Waals surface area contributed by atoms with E-state index in [4.69, 9.17) is 14.6 Å². The van der Waals surface area contributed by atoms with Crippen LogP contribution in [0.4, 0.5) is 0 Å². The van der Waals surface area contributed by atoms with Gasteiger partial charge in [0.05, 0.1) is 38.6 Å². The van der Waals surface area contributed by atoms with E-state index in [0.717, 1.165) is 35.7 Å². The Balaban J connectivity index is 1.62. The maximum absolute atomic E-state index is 13.3. The summed E-state index contributed by atoms with van der Waals surface area (Å²) >= 11 is 0. The predicted octanol–water partition coefficient (Wildman–Crippen LogP) is 3.32. The highest BCUT2D eigenvalue weighted by Gasteiger charge is 2.34. The first kappa shape index (κ1) is 20.6. The Hall–Kier alpha value is -2.70. The monoisotopic (exact) mass is 407 g/mol. The molecular formula is C24H29N3O3. The minimum atomic E-state index is -0.0868. The number of benzene rings is 2. The third-order valence-electron chi connectivity index (χ3n) is 5.84. The van der Waals surface area contributed by atoms with Crippen molar-refractivity contribution >= 4 is 11.6 Å². The van der Waals surface area contributed by atoms with Gasteiger partial charge in [0.25, 0.3) is 5.91 Å². The first-order valence-corrected chi connectivity index (χ1v) is 10.5. The lowest BCUT2D eigenvalue weighted by atomic mass is 9.94. The molecule has 158 valence electrons. The Morgan fingerprint density at radius 1 is 1.13 bits per heavy atom. The third kappa shape index (κ3) is 4.40. The molecule has 4 rings (SSSR count). The Kier molecular flexibility index (Phi) is 6.16. The quantitative estimate of drug-likeness (QED) is 0.763. The molecule has 1 fully saturated rings. The maximum atomic E-state index is 13.3. The molecule has 2 aliphatic heterocycles. The molecule has 1 saturated heterocycles. The van der Waals surface area contributed by atoms with E-state index >= 15 is 0 Å². The lowest BCUT2D eigenvalue weighted by molar-refractivity contribution is -0.135. The van der Waals surface area contributed by atoms with E-state index < -0.39 is 0 Å². The largest absolute Gasteiger partial charge is 0.497 e. The molecule has 0 spiro atoms. The van der Waals surface area contributed by atoms with Crippen LogP contribution in [-0.4, -0.2) is 61.5 Å². The first-order chi connectivity index (χ1) is 14.5. The van der Waals surface area contributed by atoms with Gasteiger partial charge in [-0.25, -0.2) is 5.01 Å². The fraction of sp³-hybridized carbons (Fsp3) is 0.417. The standard InChI is InChI=1S/C24H29N3O3/c1-17-4-9-21(18(2)14-17)23-15-22(19-5-7-20(29-3)8-6-19)25-27(23)24(28)16-26-10-12-30-13-11-26/h4-9,14,23H,10-13,15-16H2,1-3H3/t23-/m0/s1. The van der Waals surface area contributed by atoms with E-state index in [0.29, 0.717) is 26.2 Å². The zero-order valence-corrected chi connectivity index (χ0v) is 17.9. The van der Waals surface area contributed by atoms with E-state index in [1.54, 1.807) is 12.1 Å². The summed E-state index contributed by atoms with van der Waals surface area (Å²) in [4.78, 5) is 15.4. The molecule has 6 heteroatoms. The van der Waals surface area contributed by atoms with Gasteiger partial charge < -0.3 is 9.47 Å². The van der Waals surface area contributed by atoms with Crippen molar-refractivity contribution in [3.8, 4) is 5.75 Å². The molecule has 2 heterocycles. The molecule has 2 aromatic carbocycles. The fourth-order valence-electron chi connectivity index (χ4n) is 4.16. The summed E-state index contributed by atoms with van der Waals surface area (Å²) in [5, 5.41) is 6.50. The first-order valence-electron chi connectivity index (χ1n) is 10.5. The van der Waals surface area contributed by atoms with Crippen LogP contribution in [0, 0.1) is 13.8 Å². The van der Waals surface area contributed by atoms with Crippen molar-refractivity contribution in [1.29, 1.82) is 0 Å². The van der Waals surface area contributed by atoms with Crippen LogP contribution in [0.5, 0.6) is 5.75 Å². The molecule has 0 bridgehead atoms. The minimum absolute atomic E-state index is 0.0328. The molecule has 1 amide bonds. The van der Waals surface area contributed by atoms with Crippen molar-refractivity contribution in [2.24, 2.45) is 5.10 Å². The molecule has 0 aromatic heterocycles. The molecule has 6 nitrogen and oxygen atoms in total. The summed E-state index contributed by atoms with van der Waals surface area (Å²) in [7, 11) is 1.66. The number of hydrazone groups is 1. The second kappa shape index (κ2) is 8.98. The minimum Gasteiger partial charge on any atom is -0.497 e. The van der Waals surface area contributed by atoms with Crippen LogP contribution in [0.25, 0.3) is 0 Å². The summed E-state index contributed by atoms with van der Waals surface area (Å²) in [6.07, 6.45) is 0.699. The van der Waals surface area contributed by atoms with Crippen LogP contribution in [0.15, 0.2) is 47.6 Å². The van der Waals surface area contributed by atoms with Crippen molar-refractivity contribution in [2.45, 2.75) is 26.3 Å². The van der Waals surface area contributed by atoms with E-state index in [1.165, 1.54) is 11.1 Å². The van der Waals surface area contributed by atoms with Gasteiger partial charge in [-0.2, -0.15) is 5.10 Å². The normalized spacial score (nSPS) is 19.6. The number of methoxy groups -OCH3 is 1. The highest BCUT2D eigenvalue weighted by Crippen LogP contribution is 2.35. The molecule has 2 aromatic rings. The van der Waals surface area contributed by atoms with Crippen molar-refractivity contribution in [3.63, 3.8) is 0 Å². The lowest BCUT2D eigenvalue weighted by Crippen LogP contribution is -2.43. The zero-order valence-electron chi connectivity index (χ0n) is 17.9. The van der Waals surface area contributed by atoms with E-state index in [-0.39, 0.29) is 11.9 Å². The van der Waals surface area contributed by atoms with Gasteiger partial charge in [0.1, 0.15) is 5.75 Å². The second-order valence-corrected chi connectivity index (χ2v) is 7.98. The summed E-state index contributed by atoms with van der Waals surface area (Å²) in [5.74, 6) is 0.842. The molecule has 2 aliphatic rings. The van der Waals surface area contributed by atoms with Crippen LogP contribution in [0.3, 0.4) is 0 Å². The number of carbonyl (C=O) groups is 1. The van der Waals surface area contributed by atoms with Gasteiger partial charge >= 0.3 is 0 Å². The maximum Gasteiger partial charge on any atom is 0.257 e. The van der Waals surface area contributed by atoms with Gasteiger partial charge in [-0.15, -0.1) is 0 Å². The molecule has 0 aliphatic carbocycles. The van der Waals surface area contributed by atoms with Crippen molar-refractivity contribution in [3.05, 3.63) is 64.7 Å². The summed E-state index contributed by atoms with van der Waals surface area (Å²) in [6, 6.07) is 14.2. The number of morpholine rings is 1. The summed E-state index contributed by atoms with van der Waals surface area (Å²) in [6.45, 7) is 7.47. The smallest absolute Gasteiger partial charge is 0.257 e. The average Bonchev–Trinajstić information content (AvgIpc) is 3.20. The van der Waals surface area contributed by atoms with Gasteiger partial charge in [0.15, 0.2) is 0 Å². The van der Waals surface area contributed by atoms with Crippen LogP contribution in [0.1, 0.15) is 34.7 Å².